The zero-order chi connectivity index (χ0) is 9.59. The summed E-state index contributed by atoms with van der Waals surface area (Å²) in [4.78, 5) is 25.1. The summed E-state index contributed by atoms with van der Waals surface area (Å²) in [5.74, 6) is -1.08. The number of rotatable bonds is 1. The van der Waals surface area contributed by atoms with Crippen LogP contribution >= 0.6 is 0 Å². The Morgan fingerprint density at radius 2 is 2.15 bits per heavy atom. The van der Waals surface area contributed by atoms with Crippen LogP contribution in [0.25, 0.3) is 0 Å². The largest absolute Gasteiger partial charge is 0.478 e. The number of carbonyl (C=O) groups is 2. The van der Waals surface area contributed by atoms with Gasteiger partial charge in [0.25, 0.3) is 0 Å². The predicted octanol–water partition coefficient (Wildman–Crippen LogP) is 1.15. The fraction of sp³-hybridized carbons (Fsp3) is 0.333. The summed E-state index contributed by atoms with van der Waals surface area (Å²) < 4.78 is 0. The van der Waals surface area contributed by atoms with Crippen LogP contribution in [0.4, 0.5) is 0 Å². The topological polar surface area (TPSA) is 70.2 Å². The number of carbonyl (C=O) groups excluding carboxylic acids is 1. The Labute approximate surface area is 74.6 Å². The van der Waals surface area contributed by atoms with E-state index in [9.17, 15) is 9.59 Å². The lowest BCUT2D eigenvalue weighted by molar-refractivity contribution is 0.0692. The quantitative estimate of drug-likeness (QED) is 0.679. The van der Waals surface area contributed by atoms with E-state index in [1.807, 2.05) is 0 Å². The third kappa shape index (κ3) is 0.983. The highest BCUT2D eigenvalue weighted by molar-refractivity contribution is 6.09. The van der Waals surface area contributed by atoms with Gasteiger partial charge >= 0.3 is 5.97 Å². The van der Waals surface area contributed by atoms with E-state index < -0.39 is 5.97 Å². The first kappa shape index (κ1) is 8.04. The van der Waals surface area contributed by atoms with Crippen molar-refractivity contribution in [3.05, 3.63) is 22.5 Å². The van der Waals surface area contributed by atoms with Crippen LogP contribution in [0.3, 0.4) is 0 Å². The molecule has 4 nitrogen and oxygen atoms in total. The van der Waals surface area contributed by atoms with Gasteiger partial charge in [-0.25, -0.2) is 4.79 Å². The monoisotopic (exact) mass is 179 g/mol. The Kier molecular flexibility index (Phi) is 1.52. The minimum absolute atomic E-state index is 0.0586. The van der Waals surface area contributed by atoms with E-state index in [1.165, 1.54) is 0 Å². The van der Waals surface area contributed by atoms with Crippen molar-refractivity contribution in [2.45, 2.75) is 19.8 Å². The van der Waals surface area contributed by atoms with Crippen LogP contribution in [-0.2, 0) is 6.42 Å². The molecule has 0 bridgehead atoms. The number of Topliss-reactive ketones (excluding diaryl/α,β-unsaturated/α-hetero) is 1. The Hall–Kier alpha value is -1.58. The molecule has 0 fully saturated rings. The molecule has 0 amide bonds. The number of aryl methyl sites for hydroxylation is 2. The van der Waals surface area contributed by atoms with E-state index in [-0.39, 0.29) is 11.3 Å². The van der Waals surface area contributed by atoms with Crippen LogP contribution in [0.2, 0.25) is 0 Å². The Morgan fingerprint density at radius 1 is 1.46 bits per heavy atom. The van der Waals surface area contributed by atoms with Crippen molar-refractivity contribution >= 4 is 11.8 Å². The van der Waals surface area contributed by atoms with E-state index in [0.29, 0.717) is 24.1 Å². The van der Waals surface area contributed by atoms with Gasteiger partial charge in [-0.05, 0) is 13.3 Å². The van der Waals surface area contributed by atoms with Crippen LogP contribution in [0.15, 0.2) is 0 Å². The lowest BCUT2D eigenvalue weighted by atomic mass is 10.1. The molecule has 0 aromatic carbocycles. The summed E-state index contributed by atoms with van der Waals surface area (Å²) in [6, 6.07) is 0. The summed E-state index contributed by atoms with van der Waals surface area (Å²) in [6.07, 6.45) is 1.07. The zero-order valence-electron chi connectivity index (χ0n) is 7.18. The fourth-order valence-electron chi connectivity index (χ4n) is 1.82. The molecule has 4 heteroatoms. The first-order chi connectivity index (χ1) is 6.11. The van der Waals surface area contributed by atoms with Crippen molar-refractivity contribution in [2.75, 3.05) is 0 Å². The number of ketones is 1. The van der Waals surface area contributed by atoms with Crippen molar-refractivity contribution < 1.29 is 14.7 Å². The third-order valence-corrected chi connectivity index (χ3v) is 2.36. The maximum absolute atomic E-state index is 11.3. The highest BCUT2D eigenvalue weighted by atomic mass is 16.4. The second-order valence-electron chi connectivity index (χ2n) is 3.21. The van der Waals surface area contributed by atoms with Gasteiger partial charge in [-0.1, -0.05) is 0 Å². The molecule has 1 aliphatic rings. The van der Waals surface area contributed by atoms with Crippen molar-refractivity contribution in [2.24, 2.45) is 0 Å². The van der Waals surface area contributed by atoms with E-state index >= 15 is 0 Å². The van der Waals surface area contributed by atoms with Gasteiger partial charge in [-0.2, -0.15) is 0 Å². The fourth-order valence-corrected chi connectivity index (χ4v) is 1.82. The van der Waals surface area contributed by atoms with Gasteiger partial charge < -0.3 is 10.1 Å². The number of fused-ring (bicyclic) bond motifs is 1. The molecular weight excluding hydrogens is 170 g/mol. The molecule has 1 aliphatic carbocycles. The molecule has 68 valence electrons. The maximum Gasteiger partial charge on any atom is 0.338 e. The summed E-state index contributed by atoms with van der Waals surface area (Å²) in [5.41, 5.74) is 1.90. The van der Waals surface area contributed by atoms with Crippen LogP contribution in [0, 0.1) is 6.92 Å². The minimum Gasteiger partial charge on any atom is -0.478 e. The average Bonchev–Trinajstić information content (AvgIpc) is 2.51. The Balaban J connectivity index is 2.68. The smallest absolute Gasteiger partial charge is 0.338 e. The van der Waals surface area contributed by atoms with Gasteiger partial charge in [0.1, 0.15) is 0 Å². The molecule has 1 heterocycles. The molecule has 2 rings (SSSR count). The summed E-state index contributed by atoms with van der Waals surface area (Å²) in [7, 11) is 0. The van der Waals surface area contributed by atoms with Gasteiger partial charge in [0.2, 0.25) is 0 Å². The van der Waals surface area contributed by atoms with E-state index in [4.69, 9.17) is 5.11 Å². The lowest BCUT2D eigenvalue weighted by Gasteiger charge is -1.94. The highest BCUT2D eigenvalue weighted by Crippen LogP contribution is 2.27. The van der Waals surface area contributed by atoms with Gasteiger partial charge in [0, 0.05) is 17.8 Å². The van der Waals surface area contributed by atoms with Crippen molar-refractivity contribution in [1.82, 2.24) is 4.98 Å². The molecule has 0 radical (unpaired) electrons. The number of aromatic amines is 1. The first-order valence-electron chi connectivity index (χ1n) is 4.09. The number of hydrogen-bond acceptors (Lipinski definition) is 2. The number of aromatic carboxylic acids is 1. The van der Waals surface area contributed by atoms with Gasteiger partial charge in [-0.3, -0.25) is 4.79 Å². The van der Waals surface area contributed by atoms with Crippen LogP contribution in [0.1, 0.15) is 38.5 Å². The molecule has 0 saturated heterocycles. The third-order valence-electron chi connectivity index (χ3n) is 2.36. The zero-order valence-corrected chi connectivity index (χ0v) is 7.18. The van der Waals surface area contributed by atoms with Crippen LogP contribution < -0.4 is 0 Å². The maximum atomic E-state index is 11.3. The lowest BCUT2D eigenvalue weighted by Crippen LogP contribution is -2.04. The van der Waals surface area contributed by atoms with E-state index in [0.717, 1.165) is 5.69 Å². The van der Waals surface area contributed by atoms with E-state index in [1.54, 1.807) is 6.92 Å². The molecule has 0 aliphatic heterocycles. The Morgan fingerprint density at radius 3 is 2.77 bits per heavy atom. The second kappa shape index (κ2) is 2.45. The highest BCUT2D eigenvalue weighted by Gasteiger charge is 2.29. The molecule has 0 atom stereocenters. The van der Waals surface area contributed by atoms with Gasteiger partial charge in [0.05, 0.1) is 11.1 Å². The molecule has 0 saturated carbocycles. The second-order valence-corrected chi connectivity index (χ2v) is 3.21. The van der Waals surface area contributed by atoms with Gasteiger partial charge in [0.15, 0.2) is 5.78 Å². The van der Waals surface area contributed by atoms with Crippen molar-refractivity contribution in [3.8, 4) is 0 Å². The molecule has 0 unspecified atom stereocenters. The number of carboxylic acids is 1. The standard InChI is InChI=1S/C9H9NO3/c1-4-7(9(12)13)8-5(10-4)2-3-6(8)11/h10H,2-3H2,1H3,(H,12,13). The minimum atomic E-state index is -1.02. The van der Waals surface area contributed by atoms with Gasteiger partial charge in [-0.15, -0.1) is 0 Å². The predicted molar refractivity (Wildman–Crippen MR) is 45.1 cm³/mol. The number of carboxylic acid groups (broad SMARTS) is 1. The number of nitrogens with one attached hydrogen (secondary N) is 1. The normalized spacial score (nSPS) is 14.7. The molecule has 0 spiro atoms. The number of aromatic nitrogens is 1. The van der Waals surface area contributed by atoms with Crippen molar-refractivity contribution in [3.63, 3.8) is 0 Å². The Bertz CT molecular complexity index is 403. The average molecular weight is 179 g/mol. The molecule has 13 heavy (non-hydrogen) atoms. The molecular formula is C9H9NO3. The summed E-state index contributed by atoms with van der Waals surface area (Å²) >= 11 is 0. The summed E-state index contributed by atoms with van der Waals surface area (Å²) in [5, 5.41) is 8.86. The van der Waals surface area contributed by atoms with E-state index in [2.05, 4.69) is 4.98 Å². The number of hydrogen-bond donors (Lipinski definition) is 2. The molecule has 2 N–H and O–H groups in total. The van der Waals surface area contributed by atoms with Crippen LogP contribution in [-0.4, -0.2) is 21.8 Å². The number of H-pyrrole nitrogens is 1. The SMILES string of the molecule is Cc1[nH]c2c(c1C(=O)O)C(=O)CC2. The first-order valence-corrected chi connectivity index (χ1v) is 4.09. The van der Waals surface area contributed by atoms with Crippen LogP contribution in [0.5, 0.6) is 0 Å². The molecule has 1 aromatic heterocycles. The molecule has 1 aromatic rings. The summed E-state index contributed by atoms with van der Waals surface area (Å²) in [6.45, 7) is 1.68. The van der Waals surface area contributed by atoms with Crippen molar-refractivity contribution in [1.29, 1.82) is 0 Å².